The molecule has 5 amide bonds. The second kappa shape index (κ2) is 23.2. The first-order valence-corrected chi connectivity index (χ1v) is 13.6. The van der Waals surface area contributed by atoms with E-state index >= 15 is 0 Å². The Labute approximate surface area is 287 Å². The number of carboxylic acid groups (broad SMARTS) is 4. The minimum absolute atomic E-state index is 0. The number of carboxylic acids is 3. The largest absolute Gasteiger partial charge is 3.00 e. The molecule has 1 rings (SSSR count). The van der Waals surface area contributed by atoms with Crippen molar-refractivity contribution in [3.8, 4) is 0 Å². The zero-order valence-electron chi connectivity index (χ0n) is 24.4. The summed E-state index contributed by atoms with van der Waals surface area (Å²) in [5.41, 5.74) is 0. The van der Waals surface area contributed by atoms with Crippen LogP contribution in [0.4, 0.5) is 4.79 Å². The fraction of sp³-hybridized carbons (Fsp3) is 0.667. The van der Waals surface area contributed by atoms with Gasteiger partial charge in [-0.2, -0.15) is 0 Å². The summed E-state index contributed by atoms with van der Waals surface area (Å²) in [5, 5.41) is 44.0. The van der Waals surface area contributed by atoms with Gasteiger partial charge in [0.25, 0.3) is 0 Å². The molecule has 0 aliphatic carbocycles. The molecule has 1 aliphatic heterocycles. The number of amides is 5. The summed E-state index contributed by atoms with van der Waals surface area (Å²) in [4.78, 5) is 99.4. The van der Waals surface area contributed by atoms with Crippen LogP contribution < -0.4 is 21.3 Å². The molecule has 0 spiro atoms. The van der Waals surface area contributed by atoms with Gasteiger partial charge < -0.3 is 41.3 Å². The Kier molecular flexibility index (Phi) is 21.6. The zero-order chi connectivity index (χ0) is 33.1. The second-order valence-corrected chi connectivity index (χ2v) is 9.78. The fourth-order valence-electron chi connectivity index (χ4n) is 4.02. The first-order valence-electron chi connectivity index (χ1n) is 13.6. The first kappa shape index (κ1) is 41.8. The summed E-state index contributed by atoms with van der Waals surface area (Å²) in [7, 11) is 0. The number of hydrogen-bond donors (Lipinski definition) is 8. The maximum atomic E-state index is 12.4. The summed E-state index contributed by atoms with van der Waals surface area (Å²) < 4.78 is 0. The van der Waals surface area contributed by atoms with Crippen molar-refractivity contribution in [2.24, 2.45) is 0 Å². The number of carbonyl (C=O) groups excluding carboxylic acids is 4. The monoisotopic (exact) mass is 801 g/mol. The number of imide groups is 1. The third-order valence-electron chi connectivity index (χ3n) is 6.24. The molecule has 0 aromatic carbocycles. The average molecular weight is 802 g/mol. The van der Waals surface area contributed by atoms with E-state index in [9.17, 15) is 38.4 Å². The van der Waals surface area contributed by atoms with Gasteiger partial charge in [0.1, 0.15) is 19.6 Å². The van der Waals surface area contributed by atoms with E-state index in [-0.39, 0.29) is 122 Å². The van der Waals surface area contributed by atoms with E-state index in [1.807, 2.05) is 4.90 Å². The molecule has 20 nitrogen and oxygen atoms in total. The van der Waals surface area contributed by atoms with Crippen molar-refractivity contribution in [1.82, 2.24) is 40.9 Å². The van der Waals surface area contributed by atoms with Crippen LogP contribution in [0.1, 0.15) is 6.42 Å². The third kappa shape index (κ3) is 22.1. The van der Waals surface area contributed by atoms with Crippen LogP contribution in [-0.2, 0) is 33.6 Å². The van der Waals surface area contributed by atoms with Gasteiger partial charge >= 0.3 is 60.9 Å². The molecule has 1 saturated heterocycles. The number of aliphatic carboxylic acids is 3. The van der Waals surface area contributed by atoms with Crippen LogP contribution in [0, 0.1) is 36.9 Å². The van der Waals surface area contributed by atoms with E-state index in [1.165, 1.54) is 0 Å². The molecule has 0 saturated carbocycles. The van der Waals surface area contributed by atoms with E-state index in [0.717, 1.165) is 0 Å². The van der Waals surface area contributed by atoms with Crippen molar-refractivity contribution in [3.63, 3.8) is 0 Å². The molecule has 0 radical (unpaired) electrons. The Morgan fingerprint density at radius 2 is 0.756 bits per heavy atom. The minimum atomic E-state index is -1.50. The summed E-state index contributed by atoms with van der Waals surface area (Å²) in [6, 6.07) is 0. The zero-order valence-corrected chi connectivity index (χ0v) is 26.2. The van der Waals surface area contributed by atoms with Crippen LogP contribution in [0.25, 0.3) is 0 Å². The Morgan fingerprint density at radius 3 is 1.02 bits per heavy atom. The molecular weight excluding hydrogens is 761 g/mol. The van der Waals surface area contributed by atoms with Crippen molar-refractivity contribution >= 4 is 47.6 Å². The van der Waals surface area contributed by atoms with Crippen molar-refractivity contribution in [2.75, 3.05) is 98.2 Å². The molecule has 0 bridgehead atoms. The second-order valence-electron chi connectivity index (χ2n) is 9.78. The van der Waals surface area contributed by atoms with Crippen molar-refractivity contribution in [2.45, 2.75) is 6.42 Å². The summed E-state index contributed by atoms with van der Waals surface area (Å²) in [5.74, 6) is -6.09. The van der Waals surface area contributed by atoms with E-state index in [1.54, 1.807) is 20.0 Å². The van der Waals surface area contributed by atoms with Crippen molar-refractivity contribution in [3.05, 3.63) is 0 Å². The Balaban J connectivity index is 0.0000194. The molecule has 45 heavy (non-hydrogen) atoms. The predicted octanol–water partition coefficient (Wildman–Crippen LogP) is -5.01. The molecule has 0 atom stereocenters. The Bertz CT molecular complexity index is 1000. The SMILES string of the molecule is O=C(O)CNC(=O)CN1CCN(CCC(=O)NC(=O)O)CCN(CC(=O)NCC(=O)O)CCN(CC(=O)NCC(=O)O)CC1.[Tm+3]. The van der Waals surface area contributed by atoms with E-state index in [0.29, 0.717) is 0 Å². The van der Waals surface area contributed by atoms with E-state index < -0.39 is 67.3 Å². The fourth-order valence-corrected chi connectivity index (χ4v) is 4.02. The van der Waals surface area contributed by atoms with Crippen LogP contribution in [0.3, 0.4) is 0 Å². The number of nitrogens with zero attached hydrogens (tertiary/aromatic N) is 4. The molecule has 1 fully saturated rings. The van der Waals surface area contributed by atoms with Gasteiger partial charge in [-0.25, -0.2) is 4.79 Å². The smallest absolute Gasteiger partial charge is 0.480 e. The van der Waals surface area contributed by atoms with E-state index in [2.05, 4.69) is 16.0 Å². The quantitative estimate of drug-likeness (QED) is 0.0770. The maximum absolute atomic E-state index is 12.4. The normalized spacial score (nSPS) is 15.6. The van der Waals surface area contributed by atoms with Crippen molar-refractivity contribution < 1.29 is 95.7 Å². The average Bonchev–Trinajstić information content (AvgIpc) is 2.92. The third-order valence-corrected chi connectivity index (χ3v) is 6.24. The van der Waals surface area contributed by atoms with E-state index in [4.69, 9.17) is 20.4 Å². The van der Waals surface area contributed by atoms with Crippen LogP contribution >= 0.6 is 0 Å². The van der Waals surface area contributed by atoms with Crippen LogP contribution in [0.2, 0.25) is 0 Å². The van der Waals surface area contributed by atoms with Gasteiger partial charge in [-0.05, 0) is 0 Å². The van der Waals surface area contributed by atoms with Gasteiger partial charge in [-0.3, -0.25) is 53.6 Å². The summed E-state index contributed by atoms with van der Waals surface area (Å²) in [6.07, 6.45) is -1.66. The summed E-state index contributed by atoms with van der Waals surface area (Å²) >= 11 is 0. The molecule has 1 aliphatic rings. The molecule has 0 aromatic heterocycles. The molecule has 0 unspecified atom stereocenters. The van der Waals surface area contributed by atoms with Gasteiger partial charge in [0, 0.05) is 65.3 Å². The van der Waals surface area contributed by atoms with Gasteiger partial charge in [-0.15, -0.1) is 0 Å². The van der Waals surface area contributed by atoms with Crippen molar-refractivity contribution in [1.29, 1.82) is 0 Å². The number of rotatable bonds is 15. The van der Waals surface area contributed by atoms with Gasteiger partial charge in [0.15, 0.2) is 0 Å². The Morgan fingerprint density at radius 1 is 0.467 bits per heavy atom. The molecule has 8 N–H and O–H groups in total. The number of hydrogen-bond acceptors (Lipinski definition) is 12. The van der Waals surface area contributed by atoms with Gasteiger partial charge in [-0.1, -0.05) is 0 Å². The maximum Gasteiger partial charge on any atom is 3.00 e. The molecule has 1 heterocycles. The Hall–Kier alpha value is -3.17. The van der Waals surface area contributed by atoms with Gasteiger partial charge in [0.2, 0.25) is 23.6 Å². The first-order chi connectivity index (χ1) is 20.7. The topological polar surface area (TPSA) is 279 Å². The number of carbonyl (C=O) groups is 8. The number of nitrogens with one attached hydrogen (secondary N) is 4. The van der Waals surface area contributed by atoms with Gasteiger partial charge in [0.05, 0.1) is 19.6 Å². The summed E-state index contributed by atoms with van der Waals surface area (Å²) in [6.45, 7) is -0.245. The standard InChI is InChI=1S/C24H40N8O12.Tm/c33-17(28-24(43)44)1-2-29-3-5-30(14-18(34)25-11-21(37)38)7-9-32(16-20(36)27-13-23(41)42)10-8-31(6-4-29)15-19(35)26-12-22(39)40;/h1-16H2,(H,25,34)(H,26,35)(H,27,36)(H,28,33)(H,37,38)(H,39,40)(H,41,42)(H,43,44);/q;+3. The van der Waals surface area contributed by atoms with Crippen LogP contribution in [-0.4, -0.2) is 186 Å². The van der Waals surface area contributed by atoms with Crippen LogP contribution in [0.15, 0.2) is 0 Å². The molecule has 0 aromatic rings. The minimum Gasteiger partial charge on any atom is -0.480 e. The molecule has 21 heteroatoms. The molecule has 258 valence electrons. The van der Waals surface area contributed by atoms with Crippen LogP contribution in [0.5, 0.6) is 0 Å². The molecular formula is C24H40N8O12Tm+3. The predicted molar refractivity (Wildman–Crippen MR) is 148 cm³/mol.